The van der Waals surface area contributed by atoms with Gasteiger partial charge in [-0.05, 0) is 37.6 Å². The van der Waals surface area contributed by atoms with Crippen LogP contribution in [0.15, 0.2) is 18.2 Å². The van der Waals surface area contributed by atoms with Crippen molar-refractivity contribution in [2.24, 2.45) is 0 Å². The summed E-state index contributed by atoms with van der Waals surface area (Å²) in [7, 11) is 0. The SMILES string of the molecule is Cc1cc(C(=O)N2CCOCC2C)ccc1C#CCO. The van der Waals surface area contributed by atoms with E-state index in [1.54, 1.807) is 6.07 Å². The lowest BCUT2D eigenvalue weighted by Crippen LogP contribution is -2.47. The van der Waals surface area contributed by atoms with Crippen molar-refractivity contribution >= 4 is 5.91 Å². The van der Waals surface area contributed by atoms with Crippen molar-refractivity contribution in [3.63, 3.8) is 0 Å². The van der Waals surface area contributed by atoms with Crippen LogP contribution in [-0.2, 0) is 4.74 Å². The van der Waals surface area contributed by atoms with Crippen LogP contribution in [0.2, 0.25) is 0 Å². The van der Waals surface area contributed by atoms with E-state index in [9.17, 15) is 4.79 Å². The Morgan fingerprint density at radius 1 is 1.55 bits per heavy atom. The minimum absolute atomic E-state index is 0.0329. The molecule has 2 rings (SSSR count). The quantitative estimate of drug-likeness (QED) is 0.782. The van der Waals surface area contributed by atoms with Crippen LogP contribution in [0.5, 0.6) is 0 Å². The Morgan fingerprint density at radius 3 is 3.00 bits per heavy atom. The van der Waals surface area contributed by atoms with E-state index in [1.807, 2.05) is 30.9 Å². The Morgan fingerprint density at radius 2 is 2.35 bits per heavy atom. The summed E-state index contributed by atoms with van der Waals surface area (Å²) >= 11 is 0. The standard InChI is InChI=1S/C16H19NO3/c1-12-10-15(6-5-14(12)4-3-8-18)16(19)17-7-9-20-11-13(17)2/h5-6,10,13,18H,7-9,11H2,1-2H3. The second kappa shape index (κ2) is 6.56. The van der Waals surface area contributed by atoms with Crippen molar-refractivity contribution in [3.8, 4) is 11.8 Å². The highest BCUT2D eigenvalue weighted by Gasteiger charge is 2.24. The van der Waals surface area contributed by atoms with Gasteiger partial charge in [0, 0.05) is 17.7 Å². The molecule has 1 saturated heterocycles. The maximum Gasteiger partial charge on any atom is 0.254 e. The first-order valence-electron chi connectivity index (χ1n) is 6.72. The molecule has 1 aliphatic rings. The second-order valence-electron chi connectivity index (χ2n) is 4.91. The summed E-state index contributed by atoms with van der Waals surface area (Å²) in [5, 5.41) is 8.71. The largest absolute Gasteiger partial charge is 0.384 e. The summed E-state index contributed by atoms with van der Waals surface area (Å²) in [6, 6.07) is 5.58. The van der Waals surface area contributed by atoms with Gasteiger partial charge in [-0.3, -0.25) is 4.79 Å². The molecule has 1 heterocycles. The number of rotatable bonds is 1. The first kappa shape index (κ1) is 14.6. The summed E-state index contributed by atoms with van der Waals surface area (Å²) in [5.41, 5.74) is 2.45. The van der Waals surface area contributed by atoms with E-state index in [-0.39, 0.29) is 18.6 Å². The maximum atomic E-state index is 12.5. The number of morpholine rings is 1. The molecule has 4 heteroatoms. The third kappa shape index (κ3) is 3.19. The molecule has 1 atom stereocenters. The minimum atomic E-state index is -0.161. The Bertz CT molecular complexity index is 557. The molecule has 1 unspecified atom stereocenters. The number of amides is 1. The highest BCUT2D eigenvalue weighted by atomic mass is 16.5. The first-order valence-corrected chi connectivity index (χ1v) is 6.72. The Labute approximate surface area is 119 Å². The summed E-state index contributed by atoms with van der Waals surface area (Å²) in [6.07, 6.45) is 0. The molecule has 0 spiro atoms. The fourth-order valence-electron chi connectivity index (χ4n) is 2.27. The van der Waals surface area contributed by atoms with Crippen LogP contribution in [0, 0.1) is 18.8 Å². The normalized spacial score (nSPS) is 18.4. The summed E-state index contributed by atoms with van der Waals surface area (Å²) < 4.78 is 5.35. The molecule has 0 saturated carbocycles. The monoisotopic (exact) mass is 273 g/mol. The molecule has 1 amide bonds. The van der Waals surface area contributed by atoms with Gasteiger partial charge in [0.15, 0.2) is 0 Å². The van der Waals surface area contributed by atoms with Gasteiger partial charge in [-0.15, -0.1) is 0 Å². The molecule has 1 fully saturated rings. The van der Waals surface area contributed by atoms with Gasteiger partial charge in [0.2, 0.25) is 0 Å². The highest BCUT2D eigenvalue weighted by Crippen LogP contribution is 2.15. The fourth-order valence-corrected chi connectivity index (χ4v) is 2.27. The van der Waals surface area contributed by atoms with Gasteiger partial charge in [-0.2, -0.15) is 0 Å². The number of aliphatic hydroxyl groups excluding tert-OH is 1. The van der Waals surface area contributed by atoms with Gasteiger partial charge in [-0.25, -0.2) is 0 Å². The molecule has 1 aromatic rings. The molecule has 0 aromatic heterocycles. The van der Waals surface area contributed by atoms with Crippen molar-refractivity contribution in [3.05, 3.63) is 34.9 Å². The second-order valence-corrected chi connectivity index (χ2v) is 4.91. The molecular weight excluding hydrogens is 254 g/mol. The van der Waals surface area contributed by atoms with Crippen molar-refractivity contribution in [2.45, 2.75) is 19.9 Å². The number of carbonyl (C=O) groups is 1. The van der Waals surface area contributed by atoms with Crippen molar-refractivity contribution in [1.82, 2.24) is 4.90 Å². The maximum absolute atomic E-state index is 12.5. The topological polar surface area (TPSA) is 49.8 Å². The van der Waals surface area contributed by atoms with Crippen LogP contribution < -0.4 is 0 Å². The number of aliphatic hydroxyl groups is 1. The predicted octanol–water partition coefficient (Wildman–Crippen LogP) is 1.20. The van der Waals surface area contributed by atoms with E-state index in [4.69, 9.17) is 9.84 Å². The van der Waals surface area contributed by atoms with Gasteiger partial charge in [0.1, 0.15) is 6.61 Å². The summed E-state index contributed by atoms with van der Waals surface area (Å²) in [5.74, 6) is 5.52. The third-order valence-electron chi connectivity index (χ3n) is 3.40. The van der Waals surface area contributed by atoms with Gasteiger partial charge in [0.05, 0.1) is 19.3 Å². The van der Waals surface area contributed by atoms with Gasteiger partial charge in [0.25, 0.3) is 5.91 Å². The van der Waals surface area contributed by atoms with Crippen LogP contribution >= 0.6 is 0 Å². The first-order chi connectivity index (χ1) is 9.63. The van der Waals surface area contributed by atoms with E-state index in [2.05, 4.69) is 11.8 Å². The van der Waals surface area contributed by atoms with E-state index in [1.165, 1.54) is 0 Å². The van der Waals surface area contributed by atoms with Gasteiger partial charge >= 0.3 is 0 Å². The molecule has 0 radical (unpaired) electrons. The van der Waals surface area contributed by atoms with Gasteiger partial charge in [-0.1, -0.05) is 11.8 Å². The predicted molar refractivity (Wildman–Crippen MR) is 76.5 cm³/mol. The smallest absolute Gasteiger partial charge is 0.254 e. The molecule has 1 N–H and O–H groups in total. The minimum Gasteiger partial charge on any atom is -0.384 e. The van der Waals surface area contributed by atoms with Crippen molar-refractivity contribution in [1.29, 1.82) is 0 Å². The Hall–Kier alpha value is -1.83. The van der Waals surface area contributed by atoms with E-state index in [0.717, 1.165) is 11.1 Å². The van der Waals surface area contributed by atoms with E-state index in [0.29, 0.717) is 25.3 Å². The number of hydrogen-bond donors (Lipinski definition) is 1. The third-order valence-corrected chi connectivity index (χ3v) is 3.40. The molecule has 0 bridgehead atoms. The van der Waals surface area contributed by atoms with E-state index < -0.39 is 0 Å². The Kier molecular flexibility index (Phi) is 4.78. The number of aryl methyl sites for hydroxylation is 1. The van der Waals surface area contributed by atoms with Crippen LogP contribution in [-0.4, -0.2) is 48.3 Å². The lowest BCUT2D eigenvalue weighted by Gasteiger charge is -2.33. The zero-order chi connectivity index (χ0) is 14.5. The molecular formula is C16H19NO3. The number of ether oxygens (including phenoxy) is 1. The van der Waals surface area contributed by atoms with Crippen LogP contribution in [0.4, 0.5) is 0 Å². The zero-order valence-electron chi connectivity index (χ0n) is 11.8. The van der Waals surface area contributed by atoms with E-state index >= 15 is 0 Å². The Balaban J connectivity index is 2.20. The lowest BCUT2D eigenvalue weighted by atomic mass is 10.0. The van der Waals surface area contributed by atoms with Crippen LogP contribution in [0.1, 0.15) is 28.4 Å². The van der Waals surface area contributed by atoms with Crippen molar-refractivity contribution in [2.75, 3.05) is 26.4 Å². The molecule has 4 nitrogen and oxygen atoms in total. The average Bonchev–Trinajstić information content (AvgIpc) is 2.46. The number of benzene rings is 1. The molecule has 20 heavy (non-hydrogen) atoms. The average molecular weight is 273 g/mol. The number of hydrogen-bond acceptors (Lipinski definition) is 3. The summed E-state index contributed by atoms with van der Waals surface area (Å²) in [6.45, 7) is 5.56. The molecule has 0 aliphatic carbocycles. The summed E-state index contributed by atoms with van der Waals surface area (Å²) in [4.78, 5) is 14.3. The number of carbonyl (C=O) groups excluding carboxylic acids is 1. The van der Waals surface area contributed by atoms with Crippen LogP contribution in [0.25, 0.3) is 0 Å². The van der Waals surface area contributed by atoms with Crippen molar-refractivity contribution < 1.29 is 14.6 Å². The van der Waals surface area contributed by atoms with Crippen LogP contribution in [0.3, 0.4) is 0 Å². The van der Waals surface area contributed by atoms with Gasteiger partial charge < -0.3 is 14.7 Å². The number of nitrogens with zero attached hydrogens (tertiary/aromatic N) is 1. The fraction of sp³-hybridized carbons (Fsp3) is 0.438. The highest BCUT2D eigenvalue weighted by molar-refractivity contribution is 5.94. The lowest BCUT2D eigenvalue weighted by molar-refractivity contribution is 0.00359. The molecule has 1 aromatic carbocycles. The zero-order valence-corrected chi connectivity index (χ0v) is 11.8. The molecule has 1 aliphatic heterocycles. The molecule has 106 valence electrons.